The van der Waals surface area contributed by atoms with E-state index < -0.39 is 16.8 Å². The number of carbonyl (C=O) groups is 1. The van der Waals surface area contributed by atoms with Gasteiger partial charge in [-0.25, -0.2) is 0 Å². The topological polar surface area (TPSA) is 118 Å². The third-order valence-electron chi connectivity index (χ3n) is 6.00. The number of carboxylic acid groups (broad SMARTS) is 1. The molecule has 0 amide bonds. The number of aliphatic carboxylic acids is 1. The molecule has 0 unspecified atom stereocenters. The molecular formula is C23H30O6. The number of rotatable bonds is 11. The minimum atomic E-state index is -1.30. The van der Waals surface area contributed by atoms with Gasteiger partial charge in [-0.2, -0.15) is 0 Å². The third kappa shape index (κ3) is 4.23. The first kappa shape index (κ1) is 22.7. The van der Waals surface area contributed by atoms with E-state index in [4.69, 9.17) is 0 Å². The zero-order valence-corrected chi connectivity index (χ0v) is 16.7. The van der Waals surface area contributed by atoms with Gasteiger partial charge in [0.25, 0.3) is 0 Å². The summed E-state index contributed by atoms with van der Waals surface area (Å²) in [6.07, 6.45) is 1.47. The third-order valence-corrected chi connectivity index (χ3v) is 6.00. The predicted molar refractivity (Wildman–Crippen MR) is 110 cm³/mol. The Kier molecular flexibility index (Phi) is 7.65. The Bertz CT molecular complexity index is 729. The Labute approximate surface area is 171 Å². The highest BCUT2D eigenvalue weighted by Gasteiger charge is 2.56. The number of hydrogen-bond donors (Lipinski definition) is 5. The van der Waals surface area contributed by atoms with Gasteiger partial charge in [0, 0.05) is 18.6 Å². The van der Waals surface area contributed by atoms with E-state index in [1.807, 2.05) is 6.92 Å². The average Bonchev–Trinajstić information content (AvgIpc) is 2.72. The van der Waals surface area contributed by atoms with Crippen molar-refractivity contribution in [2.45, 2.75) is 44.4 Å². The van der Waals surface area contributed by atoms with Crippen molar-refractivity contribution < 1.29 is 30.3 Å². The van der Waals surface area contributed by atoms with Crippen LogP contribution < -0.4 is 0 Å². The molecule has 29 heavy (non-hydrogen) atoms. The molecule has 0 heterocycles. The lowest BCUT2D eigenvalue weighted by molar-refractivity contribution is -0.155. The second-order valence-corrected chi connectivity index (χ2v) is 7.39. The lowest BCUT2D eigenvalue weighted by Gasteiger charge is -2.49. The summed E-state index contributed by atoms with van der Waals surface area (Å²) in [4.78, 5) is 12.9. The van der Waals surface area contributed by atoms with Crippen LogP contribution in [0.15, 0.2) is 48.5 Å². The molecular weight excluding hydrogens is 372 g/mol. The summed E-state index contributed by atoms with van der Waals surface area (Å²) in [6.45, 7) is 1.63. The van der Waals surface area contributed by atoms with Crippen LogP contribution >= 0.6 is 0 Å². The molecule has 6 heteroatoms. The van der Waals surface area contributed by atoms with E-state index in [2.05, 4.69) is 0 Å². The minimum Gasteiger partial charge on any atom is -0.508 e. The summed E-state index contributed by atoms with van der Waals surface area (Å²) >= 11 is 0. The van der Waals surface area contributed by atoms with Gasteiger partial charge in [-0.15, -0.1) is 0 Å². The maximum Gasteiger partial charge on any atom is 0.310 e. The second-order valence-electron chi connectivity index (χ2n) is 7.39. The summed E-state index contributed by atoms with van der Waals surface area (Å²) in [5.41, 5.74) is -0.852. The molecule has 0 saturated heterocycles. The highest BCUT2D eigenvalue weighted by molar-refractivity contribution is 5.79. The van der Waals surface area contributed by atoms with Crippen LogP contribution in [0, 0.1) is 5.41 Å². The van der Waals surface area contributed by atoms with Gasteiger partial charge >= 0.3 is 5.97 Å². The monoisotopic (exact) mass is 402 g/mol. The normalized spacial score (nSPS) is 12.1. The van der Waals surface area contributed by atoms with Gasteiger partial charge in [-0.05, 0) is 67.5 Å². The van der Waals surface area contributed by atoms with Crippen LogP contribution in [-0.4, -0.2) is 44.7 Å². The van der Waals surface area contributed by atoms with E-state index in [9.17, 15) is 30.3 Å². The van der Waals surface area contributed by atoms with E-state index >= 15 is 0 Å². The average molecular weight is 402 g/mol. The Morgan fingerprint density at radius 2 is 1.17 bits per heavy atom. The molecule has 2 aromatic rings. The van der Waals surface area contributed by atoms with Gasteiger partial charge in [0.05, 0.1) is 5.41 Å². The van der Waals surface area contributed by atoms with Crippen LogP contribution in [0.3, 0.4) is 0 Å². The van der Waals surface area contributed by atoms with Crippen LogP contribution in [0.5, 0.6) is 11.5 Å². The second kappa shape index (κ2) is 9.76. The van der Waals surface area contributed by atoms with Crippen molar-refractivity contribution in [1.29, 1.82) is 0 Å². The molecule has 0 spiro atoms. The van der Waals surface area contributed by atoms with Crippen LogP contribution in [0.4, 0.5) is 0 Å². The Hall–Kier alpha value is -2.57. The quantitative estimate of drug-likeness (QED) is 0.393. The lowest BCUT2D eigenvalue weighted by Crippen LogP contribution is -2.52. The van der Waals surface area contributed by atoms with Crippen molar-refractivity contribution in [2.75, 3.05) is 13.2 Å². The highest BCUT2D eigenvalue weighted by atomic mass is 16.4. The first-order chi connectivity index (χ1) is 13.9. The molecule has 0 aliphatic heterocycles. The standard InChI is InChI=1S/C23H30O6/c1-2-23(17-5-9-19(26)10-6-17,18-7-11-20(27)12-8-18)22(21(28)29,13-3-15-24)14-4-16-25/h5-12,24-27H,2-4,13-16H2,1H3,(H,28,29). The molecule has 0 aromatic heterocycles. The molecule has 0 radical (unpaired) electrons. The van der Waals surface area contributed by atoms with Crippen molar-refractivity contribution in [2.24, 2.45) is 5.41 Å². The number of aliphatic hydroxyl groups is 2. The van der Waals surface area contributed by atoms with Crippen molar-refractivity contribution in [3.63, 3.8) is 0 Å². The number of carboxylic acids is 1. The van der Waals surface area contributed by atoms with Gasteiger partial charge < -0.3 is 25.5 Å². The SMILES string of the molecule is CCC(c1ccc(O)cc1)(c1ccc(O)cc1)C(CCCO)(CCCO)C(=O)O. The van der Waals surface area contributed by atoms with Crippen molar-refractivity contribution >= 4 is 5.97 Å². The zero-order chi connectivity index (χ0) is 21.5. The smallest absolute Gasteiger partial charge is 0.310 e. The molecule has 2 rings (SSSR count). The fourth-order valence-corrected chi connectivity index (χ4v) is 4.67. The fraction of sp³-hybridized carbons (Fsp3) is 0.435. The number of phenols is 2. The first-order valence-corrected chi connectivity index (χ1v) is 9.92. The lowest BCUT2D eigenvalue weighted by atomic mass is 9.52. The summed E-state index contributed by atoms with van der Waals surface area (Å²) in [5.74, 6) is -0.838. The molecule has 5 N–H and O–H groups in total. The largest absolute Gasteiger partial charge is 0.508 e. The number of aromatic hydroxyl groups is 2. The summed E-state index contributed by atoms with van der Waals surface area (Å²) in [6, 6.07) is 13.0. The molecule has 2 aromatic carbocycles. The molecule has 0 saturated carbocycles. The number of hydrogen-bond acceptors (Lipinski definition) is 5. The van der Waals surface area contributed by atoms with Crippen molar-refractivity contribution in [3.8, 4) is 11.5 Å². The maximum absolute atomic E-state index is 12.9. The Morgan fingerprint density at radius 1 is 0.793 bits per heavy atom. The van der Waals surface area contributed by atoms with Gasteiger partial charge in [-0.3, -0.25) is 4.79 Å². The van der Waals surface area contributed by atoms with Gasteiger partial charge in [0.2, 0.25) is 0 Å². The molecule has 0 fully saturated rings. The van der Waals surface area contributed by atoms with E-state index in [1.165, 1.54) is 24.3 Å². The Morgan fingerprint density at radius 3 is 1.45 bits per heavy atom. The first-order valence-electron chi connectivity index (χ1n) is 9.92. The Balaban J connectivity index is 2.87. The van der Waals surface area contributed by atoms with E-state index in [0.717, 1.165) is 11.1 Å². The number of phenolic OH excluding ortho intramolecular Hbond substituents is 2. The van der Waals surface area contributed by atoms with E-state index in [1.54, 1.807) is 24.3 Å². The molecule has 0 aliphatic carbocycles. The summed E-state index contributed by atoms with van der Waals surface area (Å²) < 4.78 is 0. The van der Waals surface area contributed by atoms with Crippen LogP contribution in [0.2, 0.25) is 0 Å². The van der Waals surface area contributed by atoms with E-state index in [-0.39, 0.29) is 37.6 Å². The fourth-order valence-electron chi connectivity index (χ4n) is 4.67. The maximum atomic E-state index is 12.9. The summed E-state index contributed by atoms with van der Waals surface area (Å²) in [5, 5.41) is 49.0. The zero-order valence-electron chi connectivity index (χ0n) is 16.7. The highest BCUT2D eigenvalue weighted by Crippen LogP contribution is 2.55. The summed E-state index contributed by atoms with van der Waals surface area (Å²) in [7, 11) is 0. The predicted octanol–water partition coefficient (Wildman–Crippen LogP) is 3.41. The number of aliphatic hydroxyl groups excluding tert-OH is 2. The van der Waals surface area contributed by atoms with Gasteiger partial charge in [0.1, 0.15) is 11.5 Å². The molecule has 6 nitrogen and oxygen atoms in total. The van der Waals surface area contributed by atoms with Crippen molar-refractivity contribution in [1.82, 2.24) is 0 Å². The minimum absolute atomic E-state index is 0.0797. The van der Waals surface area contributed by atoms with Gasteiger partial charge in [-0.1, -0.05) is 31.2 Å². The number of benzene rings is 2. The van der Waals surface area contributed by atoms with E-state index in [0.29, 0.717) is 19.3 Å². The molecule has 158 valence electrons. The van der Waals surface area contributed by atoms with Crippen LogP contribution in [0.25, 0.3) is 0 Å². The van der Waals surface area contributed by atoms with Crippen molar-refractivity contribution in [3.05, 3.63) is 59.7 Å². The van der Waals surface area contributed by atoms with Gasteiger partial charge in [0.15, 0.2) is 0 Å². The molecule has 0 aliphatic rings. The molecule has 0 bridgehead atoms. The molecule has 0 atom stereocenters. The van der Waals surface area contributed by atoms with Crippen LogP contribution in [0.1, 0.15) is 50.2 Å². The van der Waals surface area contributed by atoms with Crippen LogP contribution in [-0.2, 0) is 10.2 Å².